The molecular formula is C15H18N4. The zero-order valence-electron chi connectivity index (χ0n) is 11.2. The van der Waals surface area contributed by atoms with Gasteiger partial charge in [-0.3, -0.25) is 5.41 Å². The Kier molecular flexibility index (Phi) is 3.80. The molecule has 0 saturated heterocycles. The molecule has 4 heteroatoms. The van der Waals surface area contributed by atoms with Crippen LogP contribution in [0.1, 0.15) is 18.2 Å². The lowest BCUT2D eigenvalue weighted by atomic mass is 10.1. The van der Waals surface area contributed by atoms with Gasteiger partial charge < -0.3 is 10.6 Å². The first kappa shape index (κ1) is 13.1. The second-order valence-corrected chi connectivity index (χ2v) is 4.37. The Morgan fingerprint density at radius 2 is 1.89 bits per heavy atom. The number of amidine groups is 1. The summed E-state index contributed by atoms with van der Waals surface area (Å²) >= 11 is 0. The number of nitrogens with one attached hydrogen (secondary N) is 1. The summed E-state index contributed by atoms with van der Waals surface area (Å²) < 4.78 is 0. The molecule has 0 radical (unpaired) electrons. The number of benzene rings is 1. The average Bonchev–Trinajstić information content (AvgIpc) is 2.46. The number of nitrogens with two attached hydrogens (primary N) is 1. The third kappa shape index (κ3) is 2.91. The number of rotatable bonds is 4. The van der Waals surface area contributed by atoms with Gasteiger partial charge in [-0.2, -0.15) is 0 Å². The Hall–Kier alpha value is -2.36. The first-order valence-corrected chi connectivity index (χ1v) is 6.26. The minimum atomic E-state index is -0.0171. The quantitative estimate of drug-likeness (QED) is 0.651. The van der Waals surface area contributed by atoms with E-state index < -0.39 is 0 Å². The van der Waals surface area contributed by atoms with E-state index in [4.69, 9.17) is 11.1 Å². The summed E-state index contributed by atoms with van der Waals surface area (Å²) in [5.74, 6) is 0.758. The van der Waals surface area contributed by atoms with Crippen LogP contribution in [0, 0.1) is 5.41 Å². The number of hydrogen-bond acceptors (Lipinski definition) is 3. The van der Waals surface area contributed by atoms with Crippen molar-refractivity contribution >= 4 is 17.3 Å². The maximum absolute atomic E-state index is 7.43. The number of pyridine rings is 1. The van der Waals surface area contributed by atoms with Gasteiger partial charge in [0.15, 0.2) is 0 Å². The normalized spacial score (nSPS) is 10.2. The summed E-state index contributed by atoms with van der Waals surface area (Å²) in [7, 11) is 1.95. The van der Waals surface area contributed by atoms with Crippen molar-refractivity contribution in [3.63, 3.8) is 0 Å². The number of aryl methyl sites for hydroxylation is 1. The fraction of sp³-hybridized carbons (Fsp3) is 0.200. The summed E-state index contributed by atoms with van der Waals surface area (Å²) in [5, 5.41) is 7.43. The number of nitrogens with zero attached hydrogens (tertiary/aromatic N) is 2. The molecule has 0 amide bonds. The zero-order chi connectivity index (χ0) is 13.8. The van der Waals surface area contributed by atoms with Crippen molar-refractivity contribution in [1.82, 2.24) is 4.98 Å². The van der Waals surface area contributed by atoms with Crippen LogP contribution >= 0.6 is 0 Å². The van der Waals surface area contributed by atoms with Crippen molar-refractivity contribution in [2.75, 3.05) is 11.9 Å². The number of anilines is 2. The van der Waals surface area contributed by atoms with Crippen LogP contribution in [0.3, 0.4) is 0 Å². The molecule has 0 saturated carbocycles. The molecule has 2 rings (SSSR count). The van der Waals surface area contributed by atoms with E-state index in [0.717, 1.165) is 17.9 Å². The molecule has 1 aromatic carbocycles. The first-order chi connectivity index (χ1) is 9.11. The Morgan fingerprint density at radius 1 is 1.21 bits per heavy atom. The molecule has 0 fully saturated rings. The van der Waals surface area contributed by atoms with Crippen molar-refractivity contribution < 1.29 is 0 Å². The van der Waals surface area contributed by atoms with Crippen LogP contribution in [0.5, 0.6) is 0 Å². The largest absolute Gasteiger partial charge is 0.382 e. The summed E-state index contributed by atoms with van der Waals surface area (Å²) in [6, 6.07) is 13.9. The lowest BCUT2D eigenvalue weighted by Crippen LogP contribution is -2.16. The Balaban J connectivity index is 2.29. The molecule has 0 aliphatic rings. The Labute approximate surface area is 113 Å². The van der Waals surface area contributed by atoms with E-state index in [-0.39, 0.29) is 5.84 Å². The minimum Gasteiger partial charge on any atom is -0.382 e. The van der Waals surface area contributed by atoms with Crippen LogP contribution in [-0.2, 0) is 6.42 Å². The van der Waals surface area contributed by atoms with Gasteiger partial charge in [-0.05, 0) is 36.2 Å². The second kappa shape index (κ2) is 5.52. The van der Waals surface area contributed by atoms with Gasteiger partial charge in [-0.15, -0.1) is 0 Å². The SMILES string of the molecule is CCc1ccc(N(C)c2cccc(C(=N)N)n2)cc1. The number of hydrogen-bond donors (Lipinski definition) is 2. The van der Waals surface area contributed by atoms with Gasteiger partial charge in [0.2, 0.25) is 0 Å². The van der Waals surface area contributed by atoms with Gasteiger partial charge in [-0.1, -0.05) is 25.1 Å². The third-order valence-electron chi connectivity index (χ3n) is 3.09. The van der Waals surface area contributed by atoms with Crippen LogP contribution < -0.4 is 10.6 Å². The van der Waals surface area contributed by atoms with E-state index in [1.165, 1.54) is 5.56 Å². The third-order valence-corrected chi connectivity index (χ3v) is 3.09. The smallest absolute Gasteiger partial charge is 0.141 e. The van der Waals surface area contributed by atoms with Gasteiger partial charge in [-0.25, -0.2) is 4.98 Å². The van der Waals surface area contributed by atoms with Crippen LogP contribution in [-0.4, -0.2) is 17.9 Å². The molecule has 19 heavy (non-hydrogen) atoms. The molecule has 3 N–H and O–H groups in total. The molecule has 1 aromatic heterocycles. The highest BCUT2D eigenvalue weighted by molar-refractivity contribution is 5.93. The summed E-state index contributed by atoms with van der Waals surface area (Å²) in [5.41, 5.74) is 8.33. The van der Waals surface area contributed by atoms with Gasteiger partial charge >= 0.3 is 0 Å². The molecule has 0 atom stereocenters. The van der Waals surface area contributed by atoms with Crippen LogP contribution in [0.15, 0.2) is 42.5 Å². The van der Waals surface area contributed by atoms with Crippen LogP contribution in [0.25, 0.3) is 0 Å². The average molecular weight is 254 g/mol. The fourth-order valence-electron chi connectivity index (χ4n) is 1.85. The van der Waals surface area contributed by atoms with Gasteiger partial charge in [0.05, 0.1) is 0 Å². The predicted octanol–water partition coefficient (Wildman–Crippen LogP) is 2.70. The summed E-state index contributed by atoms with van der Waals surface area (Å²) in [4.78, 5) is 6.35. The lowest BCUT2D eigenvalue weighted by molar-refractivity contribution is 1.10. The van der Waals surface area contributed by atoms with E-state index in [1.54, 1.807) is 6.07 Å². The monoisotopic (exact) mass is 254 g/mol. The van der Waals surface area contributed by atoms with E-state index in [9.17, 15) is 0 Å². The highest BCUT2D eigenvalue weighted by Gasteiger charge is 2.07. The lowest BCUT2D eigenvalue weighted by Gasteiger charge is -2.19. The van der Waals surface area contributed by atoms with Gasteiger partial charge in [0.1, 0.15) is 17.3 Å². The summed E-state index contributed by atoms with van der Waals surface area (Å²) in [6.45, 7) is 2.14. The number of aromatic nitrogens is 1. The maximum atomic E-state index is 7.43. The highest BCUT2D eigenvalue weighted by atomic mass is 15.2. The Bertz CT molecular complexity index is 575. The minimum absolute atomic E-state index is 0.0171. The molecule has 98 valence electrons. The molecule has 0 aliphatic heterocycles. The zero-order valence-corrected chi connectivity index (χ0v) is 11.2. The van der Waals surface area contributed by atoms with E-state index >= 15 is 0 Å². The van der Waals surface area contributed by atoms with E-state index in [2.05, 4.69) is 36.2 Å². The maximum Gasteiger partial charge on any atom is 0.141 e. The number of nitrogen functional groups attached to an aromatic ring is 1. The fourth-order valence-corrected chi connectivity index (χ4v) is 1.85. The molecule has 4 nitrogen and oxygen atoms in total. The Morgan fingerprint density at radius 3 is 2.47 bits per heavy atom. The molecule has 0 unspecified atom stereocenters. The molecule has 0 spiro atoms. The van der Waals surface area contributed by atoms with Crippen molar-refractivity contribution in [3.05, 3.63) is 53.7 Å². The second-order valence-electron chi connectivity index (χ2n) is 4.37. The van der Waals surface area contributed by atoms with Gasteiger partial charge in [0.25, 0.3) is 0 Å². The van der Waals surface area contributed by atoms with Gasteiger partial charge in [0, 0.05) is 12.7 Å². The first-order valence-electron chi connectivity index (χ1n) is 6.26. The molecule has 2 aromatic rings. The topological polar surface area (TPSA) is 66.0 Å². The van der Waals surface area contributed by atoms with Crippen LogP contribution in [0.4, 0.5) is 11.5 Å². The molecule has 0 bridgehead atoms. The highest BCUT2D eigenvalue weighted by Crippen LogP contribution is 2.22. The molecular weight excluding hydrogens is 236 g/mol. The summed E-state index contributed by atoms with van der Waals surface area (Å²) in [6.07, 6.45) is 1.03. The van der Waals surface area contributed by atoms with E-state index in [0.29, 0.717) is 5.69 Å². The predicted molar refractivity (Wildman–Crippen MR) is 79.1 cm³/mol. The van der Waals surface area contributed by atoms with E-state index in [1.807, 2.05) is 24.1 Å². The van der Waals surface area contributed by atoms with Crippen molar-refractivity contribution in [1.29, 1.82) is 5.41 Å². The van der Waals surface area contributed by atoms with Crippen molar-refractivity contribution in [2.24, 2.45) is 5.73 Å². The standard InChI is InChI=1S/C15H18N4/c1-3-11-7-9-12(10-8-11)19(2)14-6-4-5-13(18-14)15(16)17/h4-10H,3H2,1-2H3,(H3,16,17). The van der Waals surface area contributed by atoms with Crippen molar-refractivity contribution in [2.45, 2.75) is 13.3 Å². The van der Waals surface area contributed by atoms with Crippen LogP contribution in [0.2, 0.25) is 0 Å². The molecule has 1 heterocycles. The molecule has 0 aliphatic carbocycles. The van der Waals surface area contributed by atoms with Crippen molar-refractivity contribution in [3.8, 4) is 0 Å².